The molecule has 1 saturated heterocycles. The summed E-state index contributed by atoms with van der Waals surface area (Å²) in [6.45, 7) is -0.796. The quantitative estimate of drug-likeness (QED) is 0.677. The predicted octanol–water partition coefficient (Wildman–Crippen LogP) is 0.545. The number of amides is 1. The number of nitrogens with zero attached hydrogens (tertiary/aromatic N) is 1. The second-order valence-corrected chi connectivity index (χ2v) is 6.90. The maximum absolute atomic E-state index is 13.0. The zero-order valence-corrected chi connectivity index (χ0v) is 13.9. The van der Waals surface area contributed by atoms with Crippen LogP contribution >= 0.6 is 12.4 Å². The lowest BCUT2D eigenvalue weighted by molar-refractivity contribution is 0.0170. The molecule has 0 bridgehead atoms. The van der Waals surface area contributed by atoms with E-state index in [4.69, 9.17) is 5.73 Å². The number of alkyl halides is 2. The van der Waals surface area contributed by atoms with Crippen molar-refractivity contribution in [3.8, 4) is 0 Å². The van der Waals surface area contributed by atoms with E-state index in [1.807, 2.05) is 0 Å². The van der Waals surface area contributed by atoms with Crippen LogP contribution in [0.1, 0.15) is 23.3 Å². The molecule has 1 aromatic heterocycles. The second kappa shape index (κ2) is 7.56. The zero-order valence-electron chi connectivity index (χ0n) is 12.2. The lowest BCUT2D eigenvalue weighted by atomic mass is 10.3. The highest BCUT2D eigenvalue weighted by Crippen LogP contribution is 2.17. The van der Waals surface area contributed by atoms with Gasteiger partial charge in [0.05, 0.1) is 13.1 Å². The van der Waals surface area contributed by atoms with E-state index in [9.17, 15) is 22.0 Å². The summed E-state index contributed by atoms with van der Waals surface area (Å²) in [4.78, 5) is 16.0. The Labute approximate surface area is 139 Å². The van der Waals surface area contributed by atoms with Crippen LogP contribution in [-0.4, -0.2) is 56.3 Å². The Bertz CT molecular complexity index is 644. The molecule has 1 amide bonds. The topological polar surface area (TPSA) is 108 Å². The Morgan fingerprint density at radius 1 is 1.39 bits per heavy atom. The van der Waals surface area contributed by atoms with E-state index in [1.54, 1.807) is 9.62 Å². The zero-order chi connectivity index (χ0) is 16.4. The van der Waals surface area contributed by atoms with Crippen molar-refractivity contribution in [3.05, 3.63) is 18.0 Å². The van der Waals surface area contributed by atoms with Crippen LogP contribution in [-0.2, 0) is 10.0 Å². The molecule has 0 aromatic carbocycles. The van der Waals surface area contributed by atoms with Crippen molar-refractivity contribution >= 4 is 28.3 Å². The molecule has 1 aliphatic rings. The molecule has 0 atom stereocenters. The summed E-state index contributed by atoms with van der Waals surface area (Å²) >= 11 is 0. The second-order valence-electron chi connectivity index (χ2n) is 5.13. The third-order valence-corrected chi connectivity index (χ3v) is 4.79. The Hall–Kier alpha value is -1.23. The Balaban J connectivity index is 0.00000264. The minimum atomic E-state index is -4.13. The van der Waals surface area contributed by atoms with Gasteiger partial charge in [0.2, 0.25) is 10.0 Å². The number of carbonyl (C=O) groups excluding carboxylic acids is 1. The van der Waals surface area contributed by atoms with E-state index < -0.39 is 29.0 Å². The van der Waals surface area contributed by atoms with Gasteiger partial charge < -0.3 is 15.6 Å². The first-order chi connectivity index (χ1) is 10.2. The maximum atomic E-state index is 13.0. The van der Waals surface area contributed by atoms with Crippen LogP contribution < -0.4 is 10.5 Å². The van der Waals surface area contributed by atoms with E-state index in [1.165, 1.54) is 0 Å². The molecule has 0 aliphatic carbocycles. The van der Waals surface area contributed by atoms with Crippen molar-refractivity contribution in [2.45, 2.75) is 23.7 Å². The molecule has 1 aromatic rings. The van der Waals surface area contributed by atoms with Gasteiger partial charge in [-0.2, -0.15) is 0 Å². The average molecular weight is 373 g/mol. The third kappa shape index (κ3) is 4.87. The van der Waals surface area contributed by atoms with Gasteiger partial charge in [-0.25, -0.2) is 21.9 Å². The SMILES string of the molecule is Cl.NCC(F)(F)CNS(=O)(=O)c1c[nH]c(C(=O)N2CCCC2)c1. The van der Waals surface area contributed by atoms with Crippen LogP contribution in [0.25, 0.3) is 0 Å². The molecule has 23 heavy (non-hydrogen) atoms. The van der Waals surface area contributed by atoms with Crippen molar-refractivity contribution in [1.82, 2.24) is 14.6 Å². The number of hydrogen-bond donors (Lipinski definition) is 3. The standard InChI is InChI=1S/C12H18F2N4O3S.ClH/c13-12(14,7-15)8-17-22(20,21)9-5-10(16-6-9)11(19)18-3-1-2-4-18;/h5-6,16-17H,1-4,7-8,15H2;1H. The number of likely N-dealkylation sites (tertiary alicyclic amines) is 1. The van der Waals surface area contributed by atoms with Gasteiger partial charge in [-0.3, -0.25) is 4.79 Å². The fourth-order valence-corrected chi connectivity index (χ4v) is 3.15. The lowest BCUT2D eigenvalue weighted by Gasteiger charge is -2.14. The number of nitrogens with one attached hydrogen (secondary N) is 2. The summed E-state index contributed by atoms with van der Waals surface area (Å²) in [7, 11) is -4.13. The predicted molar refractivity (Wildman–Crippen MR) is 82.4 cm³/mol. The van der Waals surface area contributed by atoms with Gasteiger partial charge in [0.25, 0.3) is 11.8 Å². The van der Waals surface area contributed by atoms with Crippen molar-refractivity contribution < 1.29 is 22.0 Å². The highest BCUT2D eigenvalue weighted by molar-refractivity contribution is 7.89. The number of carbonyl (C=O) groups is 1. The van der Waals surface area contributed by atoms with Gasteiger partial charge in [0.15, 0.2) is 0 Å². The molecule has 0 saturated carbocycles. The number of rotatable bonds is 6. The number of sulfonamides is 1. The molecule has 0 unspecified atom stereocenters. The van der Waals surface area contributed by atoms with Crippen LogP contribution in [0, 0.1) is 0 Å². The fraction of sp³-hybridized carbons (Fsp3) is 0.583. The first kappa shape index (κ1) is 19.8. The minimum absolute atomic E-state index is 0. The van der Waals surface area contributed by atoms with Crippen LogP contribution in [0.5, 0.6) is 0 Å². The van der Waals surface area contributed by atoms with Crippen LogP contribution in [0.4, 0.5) is 8.78 Å². The highest BCUT2D eigenvalue weighted by Gasteiger charge is 2.30. The molecule has 1 fully saturated rings. The molecule has 132 valence electrons. The smallest absolute Gasteiger partial charge is 0.273 e. The van der Waals surface area contributed by atoms with E-state index >= 15 is 0 Å². The van der Waals surface area contributed by atoms with Gasteiger partial charge in [-0.05, 0) is 18.9 Å². The van der Waals surface area contributed by atoms with Gasteiger partial charge in [-0.1, -0.05) is 0 Å². The molecule has 4 N–H and O–H groups in total. The van der Waals surface area contributed by atoms with Crippen molar-refractivity contribution in [1.29, 1.82) is 0 Å². The van der Waals surface area contributed by atoms with Crippen LogP contribution in [0.3, 0.4) is 0 Å². The normalized spacial score (nSPS) is 15.5. The number of aromatic nitrogens is 1. The summed E-state index contributed by atoms with van der Waals surface area (Å²) in [6, 6.07) is 1.14. The van der Waals surface area contributed by atoms with Crippen molar-refractivity contribution in [2.75, 3.05) is 26.2 Å². The van der Waals surface area contributed by atoms with Crippen molar-refractivity contribution in [3.63, 3.8) is 0 Å². The van der Waals surface area contributed by atoms with Gasteiger partial charge in [-0.15, -0.1) is 12.4 Å². The van der Waals surface area contributed by atoms with Gasteiger partial charge in [0, 0.05) is 19.3 Å². The molecule has 7 nitrogen and oxygen atoms in total. The molecular formula is C12H19ClF2N4O3S. The van der Waals surface area contributed by atoms with Gasteiger partial charge >= 0.3 is 0 Å². The molecule has 1 aliphatic heterocycles. The summed E-state index contributed by atoms with van der Waals surface area (Å²) in [5, 5.41) is 0. The third-order valence-electron chi connectivity index (χ3n) is 3.41. The number of nitrogens with two attached hydrogens (primary N) is 1. The first-order valence-corrected chi connectivity index (χ1v) is 8.29. The van der Waals surface area contributed by atoms with E-state index in [0.29, 0.717) is 13.1 Å². The van der Waals surface area contributed by atoms with E-state index in [-0.39, 0.29) is 28.9 Å². The highest BCUT2D eigenvalue weighted by atomic mass is 35.5. The van der Waals surface area contributed by atoms with E-state index in [0.717, 1.165) is 25.1 Å². The van der Waals surface area contributed by atoms with Crippen molar-refractivity contribution in [2.24, 2.45) is 5.73 Å². The maximum Gasteiger partial charge on any atom is 0.273 e. The average Bonchev–Trinajstić information content (AvgIpc) is 3.16. The Morgan fingerprint density at radius 3 is 2.57 bits per heavy atom. The molecule has 0 radical (unpaired) electrons. The lowest BCUT2D eigenvalue weighted by Crippen LogP contribution is -2.41. The molecule has 2 rings (SSSR count). The molecule has 0 spiro atoms. The summed E-state index contributed by atoms with van der Waals surface area (Å²) in [6.07, 6.45) is 2.92. The number of H-pyrrole nitrogens is 1. The minimum Gasteiger partial charge on any atom is -0.356 e. The van der Waals surface area contributed by atoms with Gasteiger partial charge in [0.1, 0.15) is 10.6 Å². The monoisotopic (exact) mass is 372 g/mol. The summed E-state index contributed by atoms with van der Waals surface area (Å²) < 4.78 is 51.7. The van der Waals surface area contributed by atoms with E-state index in [2.05, 4.69) is 4.98 Å². The number of halogens is 3. The molecule has 2 heterocycles. The summed E-state index contributed by atoms with van der Waals surface area (Å²) in [5.41, 5.74) is 4.97. The largest absolute Gasteiger partial charge is 0.356 e. The Kier molecular flexibility index (Phi) is 6.51. The number of aromatic amines is 1. The van der Waals surface area contributed by atoms with Crippen LogP contribution in [0.2, 0.25) is 0 Å². The Morgan fingerprint density at radius 2 is 2.00 bits per heavy atom. The molecular weight excluding hydrogens is 354 g/mol. The fourth-order valence-electron chi connectivity index (χ4n) is 2.10. The summed E-state index contributed by atoms with van der Waals surface area (Å²) in [5.74, 6) is -3.62. The molecule has 11 heteroatoms. The first-order valence-electron chi connectivity index (χ1n) is 6.80. The number of hydrogen-bond acceptors (Lipinski definition) is 4. The van der Waals surface area contributed by atoms with Crippen LogP contribution in [0.15, 0.2) is 17.2 Å².